The van der Waals surface area contributed by atoms with Crippen molar-refractivity contribution >= 4 is 13.7 Å². The van der Waals surface area contributed by atoms with Crippen LogP contribution in [0.3, 0.4) is 0 Å². The number of hydrogen-bond acceptors (Lipinski definition) is 2. The molecule has 0 aromatic heterocycles. The molecule has 0 bridgehead atoms. The summed E-state index contributed by atoms with van der Waals surface area (Å²) in [7, 11) is 5.79. The second-order valence-corrected chi connectivity index (χ2v) is 4.48. The van der Waals surface area contributed by atoms with Gasteiger partial charge in [0.15, 0.2) is 0 Å². The van der Waals surface area contributed by atoms with E-state index in [1.807, 2.05) is 12.1 Å². The van der Waals surface area contributed by atoms with Crippen molar-refractivity contribution in [2.75, 3.05) is 26.3 Å². The number of ether oxygens (including phenoxy) is 1. The van der Waals surface area contributed by atoms with Crippen LogP contribution in [0.15, 0.2) is 42.0 Å². The van der Waals surface area contributed by atoms with Crippen LogP contribution in [-0.2, 0) is 17.5 Å². The Morgan fingerprint density at radius 1 is 1.32 bits per heavy atom. The lowest BCUT2D eigenvalue weighted by Gasteiger charge is -2.30. The Kier molecular flexibility index (Phi) is 5.22. The van der Waals surface area contributed by atoms with Crippen LogP contribution >= 0.6 is 0 Å². The normalized spacial score (nSPS) is 16.4. The fraction of sp³-hybridized carbons (Fsp3) is 0.400. The van der Waals surface area contributed by atoms with Gasteiger partial charge in [0, 0.05) is 25.7 Å². The summed E-state index contributed by atoms with van der Waals surface area (Å²) in [6, 6.07) is 8.24. The van der Waals surface area contributed by atoms with Crippen LogP contribution in [0.4, 0.5) is 0 Å². The average Bonchev–Trinajstić information content (AvgIpc) is 2.48. The zero-order valence-electron chi connectivity index (χ0n) is 11.2. The van der Waals surface area contributed by atoms with Crippen LogP contribution in [0.2, 0.25) is 0 Å². The highest BCUT2D eigenvalue weighted by atomic mass is 16.5. The molecule has 2 rings (SSSR count). The lowest BCUT2D eigenvalue weighted by Crippen LogP contribution is -2.41. The Bertz CT molecular complexity index is 453. The SMILES string of the molecule is [B]Cc1ccccc1CC(=NC=C)N1CCOCC1. The average molecular weight is 254 g/mol. The maximum Gasteiger partial charge on any atom is 0.109 e. The minimum absolute atomic E-state index is 0.556. The van der Waals surface area contributed by atoms with Crippen molar-refractivity contribution in [2.24, 2.45) is 4.99 Å². The van der Waals surface area contributed by atoms with E-state index in [9.17, 15) is 0 Å². The first-order chi connectivity index (χ1) is 9.35. The molecule has 98 valence electrons. The largest absolute Gasteiger partial charge is 0.378 e. The molecule has 3 nitrogen and oxygen atoms in total. The zero-order valence-corrected chi connectivity index (χ0v) is 11.2. The van der Waals surface area contributed by atoms with Gasteiger partial charge in [-0.25, -0.2) is 4.99 Å². The van der Waals surface area contributed by atoms with Crippen molar-refractivity contribution in [1.82, 2.24) is 4.90 Å². The van der Waals surface area contributed by atoms with Gasteiger partial charge in [0.2, 0.25) is 0 Å². The first kappa shape index (κ1) is 13.9. The van der Waals surface area contributed by atoms with Crippen LogP contribution < -0.4 is 0 Å². The number of amidine groups is 1. The summed E-state index contributed by atoms with van der Waals surface area (Å²) in [5.74, 6) is 1.04. The first-order valence-electron chi connectivity index (χ1n) is 6.62. The highest BCUT2D eigenvalue weighted by Gasteiger charge is 2.15. The van der Waals surface area contributed by atoms with Gasteiger partial charge in [0.1, 0.15) is 5.84 Å². The molecular weight excluding hydrogens is 235 g/mol. The minimum atomic E-state index is 0.556. The summed E-state index contributed by atoms with van der Waals surface area (Å²) < 4.78 is 5.38. The molecule has 1 heterocycles. The molecule has 0 spiro atoms. The van der Waals surface area contributed by atoms with E-state index in [4.69, 9.17) is 12.6 Å². The Labute approximate surface area is 116 Å². The molecule has 1 saturated heterocycles. The quantitative estimate of drug-likeness (QED) is 0.464. The Hall–Kier alpha value is -1.55. The predicted octanol–water partition coefficient (Wildman–Crippen LogP) is 1.77. The number of nitrogens with zero attached hydrogens (tertiary/aromatic N) is 2. The molecule has 0 atom stereocenters. The van der Waals surface area contributed by atoms with Gasteiger partial charge in [-0.2, -0.15) is 0 Å². The highest BCUT2D eigenvalue weighted by Crippen LogP contribution is 2.12. The summed E-state index contributed by atoms with van der Waals surface area (Å²) in [5, 5.41) is 0. The molecule has 4 heteroatoms. The maximum atomic E-state index is 5.79. The summed E-state index contributed by atoms with van der Waals surface area (Å²) >= 11 is 0. The van der Waals surface area contributed by atoms with Gasteiger partial charge < -0.3 is 9.64 Å². The lowest BCUT2D eigenvalue weighted by molar-refractivity contribution is 0.0674. The molecule has 0 N–H and O–H groups in total. The molecule has 0 amide bonds. The summed E-state index contributed by atoms with van der Waals surface area (Å²) in [6.07, 6.45) is 2.95. The monoisotopic (exact) mass is 254 g/mol. The molecule has 2 radical (unpaired) electrons. The van der Waals surface area contributed by atoms with Gasteiger partial charge in [0.05, 0.1) is 21.1 Å². The number of hydrogen-bond donors (Lipinski definition) is 0. The molecule has 0 saturated carbocycles. The van der Waals surface area contributed by atoms with Crippen LogP contribution in [0.1, 0.15) is 11.1 Å². The van der Waals surface area contributed by atoms with Gasteiger partial charge in [-0.15, -0.1) is 0 Å². The van der Waals surface area contributed by atoms with E-state index in [1.165, 1.54) is 11.1 Å². The summed E-state index contributed by atoms with van der Waals surface area (Å²) in [4.78, 5) is 6.69. The number of aliphatic imine (C=N–C) groups is 1. The van der Waals surface area contributed by atoms with Gasteiger partial charge in [-0.05, 0) is 5.56 Å². The van der Waals surface area contributed by atoms with E-state index in [2.05, 4.69) is 28.6 Å². The fourth-order valence-corrected chi connectivity index (χ4v) is 2.27. The molecule has 0 unspecified atom stereocenters. The molecule has 19 heavy (non-hydrogen) atoms. The third-order valence-corrected chi connectivity index (χ3v) is 3.30. The van der Waals surface area contributed by atoms with Crippen LogP contribution in [0.5, 0.6) is 0 Å². The van der Waals surface area contributed by atoms with Gasteiger partial charge in [0.25, 0.3) is 0 Å². The third kappa shape index (κ3) is 3.71. The molecular formula is C15H19BN2O. The summed E-state index contributed by atoms with van der Waals surface area (Å²) in [5.41, 5.74) is 2.41. The van der Waals surface area contributed by atoms with E-state index in [0.717, 1.165) is 38.6 Å². The van der Waals surface area contributed by atoms with Gasteiger partial charge >= 0.3 is 0 Å². The molecule has 0 aliphatic carbocycles. The van der Waals surface area contributed by atoms with Crippen molar-refractivity contribution in [1.29, 1.82) is 0 Å². The molecule has 1 aromatic carbocycles. The Morgan fingerprint density at radius 3 is 2.63 bits per heavy atom. The standard InChI is InChI=1S/C15H19BN2O/c1-2-17-15(18-7-9-19-10-8-18)11-13-5-3-4-6-14(13)12-16/h2-6H,1,7-12H2. The van der Waals surface area contributed by atoms with Crippen molar-refractivity contribution in [3.05, 3.63) is 48.2 Å². The Balaban J connectivity index is 2.16. The molecule has 1 aliphatic rings. The van der Waals surface area contributed by atoms with Crippen molar-refractivity contribution in [3.63, 3.8) is 0 Å². The molecule has 1 fully saturated rings. The fourth-order valence-electron chi connectivity index (χ4n) is 2.27. The van der Waals surface area contributed by atoms with Crippen molar-refractivity contribution < 1.29 is 4.74 Å². The van der Waals surface area contributed by atoms with E-state index >= 15 is 0 Å². The zero-order chi connectivity index (χ0) is 13.5. The molecule has 1 aliphatic heterocycles. The molecule has 1 aromatic rings. The number of rotatable bonds is 4. The summed E-state index contributed by atoms with van der Waals surface area (Å²) in [6.45, 7) is 7.00. The van der Waals surface area contributed by atoms with Crippen LogP contribution in [0, 0.1) is 0 Å². The maximum absolute atomic E-state index is 5.79. The first-order valence-corrected chi connectivity index (χ1v) is 6.62. The third-order valence-electron chi connectivity index (χ3n) is 3.30. The highest BCUT2D eigenvalue weighted by molar-refractivity contribution is 6.08. The number of benzene rings is 1. The van der Waals surface area contributed by atoms with Gasteiger partial charge in [-0.3, -0.25) is 0 Å². The second-order valence-electron chi connectivity index (χ2n) is 4.48. The predicted molar refractivity (Wildman–Crippen MR) is 79.6 cm³/mol. The second kappa shape index (κ2) is 7.14. The van der Waals surface area contributed by atoms with Crippen LogP contribution in [0.25, 0.3) is 0 Å². The van der Waals surface area contributed by atoms with E-state index in [0.29, 0.717) is 6.32 Å². The van der Waals surface area contributed by atoms with Crippen LogP contribution in [-0.4, -0.2) is 44.9 Å². The number of morpholine rings is 1. The van der Waals surface area contributed by atoms with E-state index in [-0.39, 0.29) is 0 Å². The van der Waals surface area contributed by atoms with E-state index in [1.54, 1.807) is 6.20 Å². The minimum Gasteiger partial charge on any atom is -0.378 e. The lowest BCUT2D eigenvalue weighted by atomic mass is 9.91. The Morgan fingerprint density at radius 2 is 2.00 bits per heavy atom. The van der Waals surface area contributed by atoms with Gasteiger partial charge in [-0.1, -0.05) is 42.7 Å². The van der Waals surface area contributed by atoms with Crippen molar-refractivity contribution in [3.8, 4) is 0 Å². The van der Waals surface area contributed by atoms with E-state index < -0.39 is 0 Å². The van der Waals surface area contributed by atoms with Crippen molar-refractivity contribution in [2.45, 2.75) is 12.7 Å². The topological polar surface area (TPSA) is 24.8 Å². The smallest absolute Gasteiger partial charge is 0.109 e.